The van der Waals surface area contributed by atoms with Crippen LogP contribution in [0.15, 0.2) is 58.4 Å². The SMILES string of the molecule is CCOC(=O)c1ccc(NC(=O)Cn2c3c(sc2=O)[C@@H](c2ccc(N(CC)CC)cc2)C2C4CCC(C4)C2S3)cc1. The molecule has 1 N–H and O–H groups in total. The van der Waals surface area contributed by atoms with Crippen LogP contribution >= 0.6 is 23.1 Å². The maximum absolute atomic E-state index is 13.4. The summed E-state index contributed by atoms with van der Waals surface area (Å²) in [5.74, 6) is 1.45. The molecule has 4 unspecified atom stereocenters. The number of aromatic nitrogens is 1. The normalized spacial score (nSPS) is 24.0. The zero-order valence-electron chi connectivity index (χ0n) is 23.8. The highest BCUT2D eigenvalue weighted by Gasteiger charge is 2.55. The lowest BCUT2D eigenvalue weighted by Gasteiger charge is -2.40. The van der Waals surface area contributed by atoms with Gasteiger partial charge in [0.25, 0.3) is 0 Å². The molecule has 0 saturated heterocycles. The zero-order chi connectivity index (χ0) is 28.7. The molecule has 216 valence electrons. The first kappa shape index (κ1) is 28.1. The number of esters is 1. The molecule has 41 heavy (non-hydrogen) atoms. The van der Waals surface area contributed by atoms with Crippen LogP contribution in [-0.2, 0) is 16.1 Å². The minimum Gasteiger partial charge on any atom is -0.462 e. The van der Waals surface area contributed by atoms with Gasteiger partial charge in [0.1, 0.15) is 6.54 Å². The van der Waals surface area contributed by atoms with Crippen molar-refractivity contribution < 1.29 is 14.3 Å². The molecule has 0 radical (unpaired) electrons. The number of amides is 1. The molecule has 3 aliphatic rings. The van der Waals surface area contributed by atoms with Gasteiger partial charge in [0, 0.05) is 40.5 Å². The van der Waals surface area contributed by atoms with Crippen LogP contribution in [-0.4, -0.2) is 41.4 Å². The van der Waals surface area contributed by atoms with Crippen LogP contribution in [0.5, 0.6) is 0 Å². The molecule has 9 heteroatoms. The van der Waals surface area contributed by atoms with Gasteiger partial charge >= 0.3 is 10.8 Å². The molecule has 2 aromatic carbocycles. The molecule has 2 fully saturated rings. The average molecular weight is 592 g/mol. The molecule has 1 aromatic heterocycles. The third-order valence-corrected chi connectivity index (χ3v) is 11.9. The Morgan fingerprint density at radius 1 is 1.00 bits per heavy atom. The van der Waals surface area contributed by atoms with Gasteiger partial charge in [0.05, 0.1) is 17.2 Å². The minimum atomic E-state index is -0.393. The number of anilines is 2. The number of hydrogen-bond acceptors (Lipinski definition) is 7. The van der Waals surface area contributed by atoms with Gasteiger partial charge < -0.3 is 15.0 Å². The monoisotopic (exact) mass is 591 g/mol. The second kappa shape index (κ2) is 11.7. The number of nitrogens with one attached hydrogen (secondary N) is 1. The Hall–Kier alpha value is -3.04. The number of carbonyl (C=O) groups is 2. The second-order valence-electron chi connectivity index (χ2n) is 11.2. The zero-order valence-corrected chi connectivity index (χ0v) is 25.4. The third-order valence-electron chi connectivity index (χ3n) is 9.05. The van der Waals surface area contributed by atoms with E-state index in [0.29, 0.717) is 40.9 Å². The maximum Gasteiger partial charge on any atom is 0.338 e. The fourth-order valence-electron chi connectivity index (χ4n) is 7.19. The van der Waals surface area contributed by atoms with Crippen molar-refractivity contribution in [2.45, 2.75) is 62.8 Å². The van der Waals surface area contributed by atoms with Gasteiger partial charge in [-0.25, -0.2) is 4.79 Å². The van der Waals surface area contributed by atoms with E-state index < -0.39 is 5.97 Å². The van der Waals surface area contributed by atoms with Crippen molar-refractivity contribution in [3.63, 3.8) is 0 Å². The number of ether oxygens (including phenoxy) is 1. The average Bonchev–Trinajstić information content (AvgIpc) is 3.68. The smallest absolute Gasteiger partial charge is 0.338 e. The van der Waals surface area contributed by atoms with Crippen molar-refractivity contribution in [1.82, 2.24) is 4.57 Å². The van der Waals surface area contributed by atoms with Crippen LogP contribution in [0.4, 0.5) is 11.4 Å². The van der Waals surface area contributed by atoms with Gasteiger partial charge in [-0.1, -0.05) is 23.5 Å². The Balaban J connectivity index is 1.27. The molecule has 3 aromatic rings. The standard InChI is InChI=1S/C32H37N3O4S2/c1-4-34(5-2)24-15-11-19(12-16-24)26-27-21-7-8-22(17-21)28(27)40-30-29(26)41-32(38)35(30)18-25(36)33-23-13-9-20(10-14-23)31(37)39-6-3/h9-16,21-22,26-28H,4-8,17-18H2,1-3H3,(H,33,36)/t21?,22?,26-,27?,28?/m0/s1. The number of thiazole rings is 1. The summed E-state index contributed by atoms with van der Waals surface area (Å²) in [6, 6.07) is 15.6. The summed E-state index contributed by atoms with van der Waals surface area (Å²) in [7, 11) is 0. The van der Waals surface area contributed by atoms with E-state index in [2.05, 4.69) is 48.3 Å². The Labute approximate surface area is 249 Å². The maximum atomic E-state index is 13.4. The van der Waals surface area contributed by atoms with Gasteiger partial charge in [-0.15, -0.1) is 11.8 Å². The fraction of sp³-hybridized carbons (Fsp3) is 0.469. The lowest BCUT2D eigenvalue weighted by molar-refractivity contribution is -0.116. The lowest BCUT2D eigenvalue weighted by Crippen LogP contribution is -2.35. The van der Waals surface area contributed by atoms with Crippen molar-refractivity contribution in [1.29, 1.82) is 0 Å². The van der Waals surface area contributed by atoms with E-state index in [1.54, 1.807) is 35.8 Å². The summed E-state index contributed by atoms with van der Waals surface area (Å²) >= 11 is 3.16. The van der Waals surface area contributed by atoms with Crippen molar-refractivity contribution in [3.8, 4) is 0 Å². The molecule has 1 aliphatic heterocycles. The minimum absolute atomic E-state index is 0.0314. The molecule has 5 atom stereocenters. The summed E-state index contributed by atoms with van der Waals surface area (Å²) in [4.78, 5) is 41.9. The van der Waals surface area contributed by atoms with E-state index in [1.165, 1.54) is 41.9 Å². The molecular formula is C32H37N3O4S2. The summed E-state index contributed by atoms with van der Waals surface area (Å²) in [5, 5.41) is 4.35. The van der Waals surface area contributed by atoms with Crippen LogP contribution < -0.4 is 15.1 Å². The molecule has 2 heterocycles. The molecule has 2 saturated carbocycles. The fourth-order valence-corrected chi connectivity index (χ4v) is 10.3. The van der Waals surface area contributed by atoms with E-state index >= 15 is 0 Å². The first-order valence-corrected chi connectivity index (χ1v) is 16.4. The summed E-state index contributed by atoms with van der Waals surface area (Å²) in [6.45, 7) is 8.33. The molecule has 2 aliphatic carbocycles. The van der Waals surface area contributed by atoms with Crippen molar-refractivity contribution >= 4 is 46.3 Å². The predicted molar refractivity (Wildman–Crippen MR) is 165 cm³/mol. The number of thioether (sulfide) groups is 1. The number of fused-ring (bicyclic) bond motifs is 6. The molecule has 0 spiro atoms. The Bertz CT molecular complexity index is 1480. The Morgan fingerprint density at radius 2 is 1.71 bits per heavy atom. The van der Waals surface area contributed by atoms with E-state index in [0.717, 1.165) is 23.0 Å². The van der Waals surface area contributed by atoms with Crippen LogP contribution in [0, 0.1) is 17.8 Å². The summed E-state index contributed by atoms with van der Waals surface area (Å²) < 4.78 is 6.72. The van der Waals surface area contributed by atoms with Gasteiger partial charge in [0.2, 0.25) is 5.91 Å². The quantitative estimate of drug-likeness (QED) is 0.298. The molecule has 1 amide bonds. The number of hydrogen-bond donors (Lipinski definition) is 1. The van der Waals surface area contributed by atoms with E-state index in [9.17, 15) is 14.4 Å². The van der Waals surface area contributed by atoms with Crippen LogP contribution in [0.1, 0.15) is 66.8 Å². The molecule has 2 bridgehead atoms. The number of benzene rings is 2. The summed E-state index contributed by atoms with van der Waals surface area (Å²) in [6.07, 6.45) is 3.82. The van der Waals surface area contributed by atoms with Gasteiger partial charge in [0.15, 0.2) is 0 Å². The highest BCUT2D eigenvalue weighted by molar-refractivity contribution is 8.00. The highest BCUT2D eigenvalue weighted by atomic mass is 32.2. The first-order chi connectivity index (χ1) is 19.9. The topological polar surface area (TPSA) is 80.6 Å². The predicted octanol–water partition coefficient (Wildman–Crippen LogP) is 6.22. The highest BCUT2D eigenvalue weighted by Crippen LogP contribution is 2.64. The Morgan fingerprint density at radius 3 is 2.39 bits per heavy atom. The summed E-state index contributed by atoms with van der Waals surface area (Å²) in [5.41, 5.74) is 3.52. The van der Waals surface area contributed by atoms with Gasteiger partial charge in [-0.2, -0.15) is 0 Å². The first-order valence-electron chi connectivity index (χ1n) is 14.7. The van der Waals surface area contributed by atoms with Gasteiger partial charge in [-0.05, 0) is 99.7 Å². The van der Waals surface area contributed by atoms with Crippen molar-refractivity contribution in [2.75, 3.05) is 29.9 Å². The second-order valence-corrected chi connectivity index (χ2v) is 13.4. The van der Waals surface area contributed by atoms with Crippen molar-refractivity contribution in [2.24, 2.45) is 17.8 Å². The van der Waals surface area contributed by atoms with Crippen LogP contribution in [0.3, 0.4) is 0 Å². The Kier molecular flexibility index (Phi) is 8.01. The van der Waals surface area contributed by atoms with Crippen LogP contribution in [0.25, 0.3) is 0 Å². The van der Waals surface area contributed by atoms with E-state index in [-0.39, 0.29) is 23.2 Å². The van der Waals surface area contributed by atoms with E-state index in [4.69, 9.17) is 4.74 Å². The molecule has 7 nitrogen and oxygen atoms in total. The largest absolute Gasteiger partial charge is 0.462 e. The lowest BCUT2D eigenvalue weighted by atomic mass is 9.75. The molecular weight excluding hydrogens is 555 g/mol. The third kappa shape index (κ3) is 5.23. The number of rotatable bonds is 9. The number of carbonyl (C=O) groups excluding carboxylic acids is 2. The van der Waals surface area contributed by atoms with E-state index in [1.807, 2.05) is 11.8 Å². The van der Waals surface area contributed by atoms with Gasteiger partial charge in [-0.3, -0.25) is 14.2 Å². The number of nitrogens with zero attached hydrogens (tertiary/aromatic N) is 2. The van der Waals surface area contributed by atoms with Crippen molar-refractivity contribution in [3.05, 3.63) is 74.2 Å². The molecule has 6 rings (SSSR count). The van der Waals surface area contributed by atoms with Crippen LogP contribution in [0.2, 0.25) is 0 Å².